The van der Waals surface area contributed by atoms with Gasteiger partial charge in [-0.25, -0.2) is 13.6 Å². The number of benzene rings is 1. The minimum atomic E-state index is -1.21. The summed E-state index contributed by atoms with van der Waals surface area (Å²) in [5.41, 5.74) is -0.317. The average Bonchev–Trinajstić information content (AvgIpc) is 2.53. The van der Waals surface area contributed by atoms with Gasteiger partial charge in [-0.15, -0.1) is 0 Å². The lowest BCUT2D eigenvalue weighted by molar-refractivity contribution is -0.125. The Labute approximate surface area is 144 Å². The molecule has 1 amide bonds. The number of carbonyl (C=O) groups is 2. The molecule has 0 aliphatic heterocycles. The van der Waals surface area contributed by atoms with E-state index in [-0.39, 0.29) is 16.6 Å². The number of hydrogen-bond acceptors (Lipinski definition) is 3. The van der Waals surface area contributed by atoms with Crippen LogP contribution in [0.2, 0.25) is 5.02 Å². The summed E-state index contributed by atoms with van der Waals surface area (Å²) in [6.07, 6.45) is 3.07. The van der Waals surface area contributed by atoms with Gasteiger partial charge < -0.3 is 10.1 Å². The van der Waals surface area contributed by atoms with Gasteiger partial charge in [-0.05, 0) is 30.4 Å². The quantitative estimate of drug-likeness (QED) is 0.658. The molecule has 0 heterocycles. The number of esters is 1. The smallest absolute Gasteiger partial charge is 0.340 e. The third kappa shape index (κ3) is 4.44. The van der Waals surface area contributed by atoms with Crippen molar-refractivity contribution in [2.24, 2.45) is 11.8 Å². The van der Waals surface area contributed by atoms with E-state index in [4.69, 9.17) is 16.3 Å². The SMILES string of the molecule is CC1CCCC(NC(=O)COC(=O)c2cc(F)c(F)cc2Cl)C1C. The Bertz CT molecular complexity index is 639. The summed E-state index contributed by atoms with van der Waals surface area (Å²) < 4.78 is 31.0. The van der Waals surface area contributed by atoms with Gasteiger partial charge in [0.25, 0.3) is 5.91 Å². The molecule has 0 spiro atoms. The van der Waals surface area contributed by atoms with E-state index in [1.807, 2.05) is 0 Å². The van der Waals surface area contributed by atoms with Crippen LogP contribution in [-0.4, -0.2) is 24.5 Å². The van der Waals surface area contributed by atoms with Crippen LogP contribution in [0.4, 0.5) is 8.78 Å². The molecule has 1 aliphatic carbocycles. The molecule has 0 saturated heterocycles. The first-order valence-corrected chi connectivity index (χ1v) is 8.28. The first-order valence-electron chi connectivity index (χ1n) is 7.90. The molecule has 1 fully saturated rings. The lowest BCUT2D eigenvalue weighted by Crippen LogP contribution is -2.45. The molecule has 0 aromatic heterocycles. The number of ether oxygens (including phenoxy) is 1. The van der Waals surface area contributed by atoms with Gasteiger partial charge >= 0.3 is 5.97 Å². The van der Waals surface area contributed by atoms with Crippen LogP contribution in [0.3, 0.4) is 0 Å². The van der Waals surface area contributed by atoms with Crippen molar-refractivity contribution in [2.75, 3.05) is 6.61 Å². The van der Waals surface area contributed by atoms with Crippen molar-refractivity contribution in [1.29, 1.82) is 0 Å². The Kier molecular flexibility index (Phi) is 6.15. The van der Waals surface area contributed by atoms with Crippen LogP contribution in [0, 0.1) is 23.5 Å². The maximum absolute atomic E-state index is 13.2. The standard InChI is InChI=1S/C17H20ClF2NO3/c1-9-4-3-5-15(10(9)2)21-16(22)8-24-17(23)11-6-13(19)14(20)7-12(11)18/h6-7,9-10,15H,3-5,8H2,1-2H3,(H,21,22). The van der Waals surface area contributed by atoms with E-state index in [9.17, 15) is 18.4 Å². The van der Waals surface area contributed by atoms with E-state index in [0.717, 1.165) is 19.3 Å². The van der Waals surface area contributed by atoms with Crippen molar-refractivity contribution in [1.82, 2.24) is 5.32 Å². The van der Waals surface area contributed by atoms with Gasteiger partial charge in [0.15, 0.2) is 18.2 Å². The zero-order valence-corrected chi connectivity index (χ0v) is 14.3. The maximum atomic E-state index is 13.2. The number of rotatable bonds is 4. The molecule has 0 radical (unpaired) electrons. The molecule has 132 valence electrons. The van der Waals surface area contributed by atoms with Crippen LogP contribution < -0.4 is 5.32 Å². The lowest BCUT2D eigenvalue weighted by atomic mass is 9.78. The first-order chi connectivity index (χ1) is 11.3. The van der Waals surface area contributed by atoms with Gasteiger partial charge in [-0.3, -0.25) is 4.79 Å². The predicted octanol–water partition coefficient (Wildman–Crippen LogP) is 3.72. The zero-order valence-electron chi connectivity index (χ0n) is 13.6. The Morgan fingerprint density at radius 2 is 1.92 bits per heavy atom. The first kappa shape index (κ1) is 18.6. The molecular formula is C17H20ClF2NO3. The highest BCUT2D eigenvalue weighted by molar-refractivity contribution is 6.33. The molecule has 1 aliphatic rings. The van der Waals surface area contributed by atoms with Gasteiger partial charge in [0.2, 0.25) is 0 Å². The highest BCUT2D eigenvalue weighted by atomic mass is 35.5. The fourth-order valence-electron chi connectivity index (χ4n) is 2.92. The maximum Gasteiger partial charge on any atom is 0.340 e. The van der Waals surface area contributed by atoms with E-state index in [0.29, 0.717) is 24.0 Å². The Balaban J connectivity index is 1.90. The third-order valence-corrected chi connectivity index (χ3v) is 4.93. The number of carbonyl (C=O) groups excluding carboxylic acids is 2. The molecule has 4 nitrogen and oxygen atoms in total. The van der Waals surface area contributed by atoms with Crippen molar-refractivity contribution >= 4 is 23.5 Å². The normalized spacial score (nSPS) is 23.6. The Morgan fingerprint density at radius 1 is 1.25 bits per heavy atom. The van der Waals surface area contributed by atoms with Crippen LogP contribution in [-0.2, 0) is 9.53 Å². The molecule has 1 saturated carbocycles. The van der Waals surface area contributed by atoms with E-state index in [2.05, 4.69) is 19.2 Å². The summed E-state index contributed by atoms with van der Waals surface area (Å²) in [6.45, 7) is 3.74. The lowest BCUT2D eigenvalue weighted by Gasteiger charge is -2.34. The second kappa shape index (κ2) is 7.92. The summed E-state index contributed by atoms with van der Waals surface area (Å²) in [5.74, 6) is -2.89. The van der Waals surface area contributed by atoms with Gasteiger partial charge in [0.05, 0.1) is 10.6 Å². The Hall–Kier alpha value is -1.69. The fourth-order valence-corrected chi connectivity index (χ4v) is 3.15. The largest absolute Gasteiger partial charge is 0.452 e. The summed E-state index contributed by atoms with van der Waals surface area (Å²) in [7, 11) is 0. The van der Waals surface area contributed by atoms with Crippen molar-refractivity contribution in [3.63, 3.8) is 0 Å². The van der Waals surface area contributed by atoms with Crippen molar-refractivity contribution in [2.45, 2.75) is 39.2 Å². The molecule has 1 aromatic carbocycles. The van der Waals surface area contributed by atoms with Gasteiger partial charge in [-0.1, -0.05) is 38.3 Å². The second-order valence-electron chi connectivity index (χ2n) is 6.26. The number of amides is 1. The van der Waals surface area contributed by atoms with Crippen LogP contribution in [0.25, 0.3) is 0 Å². The highest BCUT2D eigenvalue weighted by Gasteiger charge is 2.28. The number of hydrogen-bond donors (Lipinski definition) is 1. The topological polar surface area (TPSA) is 55.4 Å². The molecule has 2 rings (SSSR count). The summed E-state index contributed by atoms with van der Waals surface area (Å²) in [6, 6.07) is 1.40. The van der Waals surface area contributed by atoms with Crippen LogP contribution in [0.5, 0.6) is 0 Å². The molecule has 1 N–H and O–H groups in total. The zero-order chi connectivity index (χ0) is 17.9. The van der Waals surface area contributed by atoms with Crippen LogP contribution in [0.1, 0.15) is 43.5 Å². The van der Waals surface area contributed by atoms with E-state index in [1.54, 1.807) is 0 Å². The molecule has 0 bridgehead atoms. The average molecular weight is 360 g/mol. The third-order valence-electron chi connectivity index (χ3n) is 4.62. The van der Waals surface area contributed by atoms with Crippen molar-refractivity contribution in [3.05, 3.63) is 34.4 Å². The number of nitrogens with one attached hydrogen (secondary N) is 1. The van der Waals surface area contributed by atoms with E-state index >= 15 is 0 Å². The molecule has 7 heteroatoms. The van der Waals surface area contributed by atoms with Gasteiger partial charge in [0, 0.05) is 6.04 Å². The minimum absolute atomic E-state index is 0.0480. The summed E-state index contributed by atoms with van der Waals surface area (Å²) in [4.78, 5) is 23.8. The van der Waals surface area contributed by atoms with Crippen molar-refractivity contribution < 1.29 is 23.1 Å². The monoisotopic (exact) mass is 359 g/mol. The van der Waals surface area contributed by atoms with Crippen LogP contribution >= 0.6 is 11.6 Å². The molecule has 3 atom stereocenters. The second-order valence-corrected chi connectivity index (χ2v) is 6.67. The van der Waals surface area contributed by atoms with Gasteiger partial charge in [-0.2, -0.15) is 0 Å². The molecule has 3 unspecified atom stereocenters. The molecule has 24 heavy (non-hydrogen) atoms. The molecule has 1 aromatic rings. The fraction of sp³-hybridized carbons (Fsp3) is 0.529. The van der Waals surface area contributed by atoms with E-state index < -0.39 is 30.1 Å². The number of halogens is 3. The summed E-state index contributed by atoms with van der Waals surface area (Å²) in [5, 5.41) is 2.59. The molecular weight excluding hydrogens is 340 g/mol. The highest BCUT2D eigenvalue weighted by Crippen LogP contribution is 2.29. The summed E-state index contributed by atoms with van der Waals surface area (Å²) >= 11 is 5.69. The minimum Gasteiger partial charge on any atom is -0.452 e. The predicted molar refractivity (Wildman–Crippen MR) is 85.8 cm³/mol. The van der Waals surface area contributed by atoms with E-state index in [1.165, 1.54) is 0 Å². The van der Waals surface area contributed by atoms with Crippen LogP contribution in [0.15, 0.2) is 12.1 Å². The van der Waals surface area contributed by atoms with Gasteiger partial charge in [0.1, 0.15) is 0 Å². The Morgan fingerprint density at radius 3 is 2.62 bits per heavy atom. The van der Waals surface area contributed by atoms with Crippen molar-refractivity contribution in [3.8, 4) is 0 Å².